The number of amides is 1. The average molecular weight is 329 g/mol. The van der Waals surface area contributed by atoms with Gasteiger partial charge in [-0.05, 0) is 38.4 Å². The molecular formula is C15H21ClN2O4. The maximum atomic E-state index is 12.1. The van der Waals surface area contributed by atoms with Gasteiger partial charge in [-0.15, -0.1) is 12.4 Å². The van der Waals surface area contributed by atoms with E-state index in [1.165, 1.54) is 0 Å². The summed E-state index contributed by atoms with van der Waals surface area (Å²) in [5.41, 5.74) is 0.607. The summed E-state index contributed by atoms with van der Waals surface area (Å²) in [5, 5.41) is 11.9. The van der Waals surface area contributed by atoms with Gasteiger partial charge in [0.05, 0.1) is 18.8 Å². The van der Waals surface area contributed by atoms with Crippen molar-refractivity contribution in [3.8, 4) is 5.75 Å². The van der Waals surface area contributed by atoms with E-state index in [1.54, 1.807) is 17.0 Å². The second-order valence-corrected chi connectivity index (χ2v) is 4.94. The lowest BCUT2D eigenvalue weighted by Crippen LogP contribution is -2.40. The van der Waals surface area contributed by atoms with Crippen LogP contribution in [0.15, 0.2) is 24.3 Å². The first-order valence-corrected chi connectivity index (χ1v) is 7.10. The standard InChI is InChI=1S/C15H20N2O4.ClH/c1-2-21-13-8-4-3-6-11(13)16-14(18)10-17-9-5-7-12(17)15(19)20;/h3-4,6,8,12H,2,5,7,9-10H2,1H3,(H,16,18)(H,19,20);1H. The Morgan fingerprint density at radius 3 is 2.82 bits per heavy atom. The molecule has 7 heteroatoms. The summed E-state index contributed by atoms with van der Waals surface area (Å²) in [6.45, 7) is 3.11. The van der Waals surface area contributed by atoms with Crippen LogP contribution in [-0.2, 0) is 9.59 Å². The lowest BCUT2D eigenvalue weighted by molar-refractivity contribution is -0.142. The van der Waals surface area contributed by atoms with Crippen LogP contribution in [-0.4, -0.2) is 47.6 Å². The molecule has 1 amide bonds. The third kappa shape index (κ3) is 4.61. The number of carbonyl (C=O) groups is 2. The predicted molar refractivity (Wildman–Crippen MR) is 85.7 cm³/mol. The molecule has 1 saturated heterocycles. The van der Waals surface area contributed by atoms with Gasteiger partial charge in [-0.25, -0.2) is 0 Å². The number of para-hydroxylation sites is 2. The normalized spacial score (nSPS) is 17.6. The first kappa shape index (κ1) is 18.3. The Balaban J connectivity index is 0.00000242. The third-order valence-corrected chi connectivity index (χ3v) is 3.46. The van der Waals surface area contributed by atoms with Gasteiger partial charge >= 0.3 is 5.97 Å². The SMILES string of the molecule is CCOc1ccccc1NC(=O)CN1CCCC1C(=O)O.Cl. The molecule has 0 aromatic heterocycles. The quantitative estimate of drug-likeness (QED) is 0.835. The van der Waals surface area contributed by atoms with Crippen LogP contribution in [0.5, 0.6) is 5.75 Å². The number of carboxylic acid groups (broad SMARTS) is 1. The average Bonchev–Trinajstić information content (AvgIpc) is 2.89. The van der Waals surface area contributed by atoms with Crippen molar-refractivity contribution in [2.45, 2.75) is 25.8 Å². The highest BCUT2D eigenvalue weighted by atomic mass is 35.5. The monoisotopic (exact) mass is 328 g/mol. The molecule has 0 saturated carbocycles. The zero-order valence-electron chi connectivity index (χ0n) is 12.4. The highest BCUT2D eigenvalue weighted by molar-refractivity contribution is 5.94. The summed E-state index contributed by atoms with van der Waals surface area (Å²) >= 11 is 0. The number of rotatable bonds is 6. The zero-order chi connectivity index (χ0) is 15.2. The highest BCUT2D eigenvalue weighted by Gasteiger charge is 2.31. The molecule has 1 aromatic carbocycles. The number of carbonyl (C=O) groups excluding carboxylic acids is 1. The number of likely N-dealkylation sites (tertiary alicyclic amines) is 1. The van der Waals surface area contributed by atoms with Gasteiger partial charge in [0.1, 0.15) is 11.8 Å². The molecule has 1 aromatic rings. The number of hydrogen-bond acceptors (Lipinski definition) is 4. The van der Waals surface area contributed by atoms with E-state index < -0.39 is 12.0 Å². The van der Waals surface area contributed by atoms with Crippen LogP contribution in [0.25, 0.3) is 0 Å². The molecule has 0 bridgehead atoms. The molecule has 1 aliphatic heterocycles. The van der Waals surface area contributed by atoms with Gasteiger partial charge in [-0.3, -0.25) is 14.5 Å². The minimum absolute atomic E-state index is 0. The van der Waals surface area contributed by atoms with E-state index in [1.807, 2.05) is 19.1 Å². The predicted octanol–water partition coefficient (Wildman–Crippen LogP) is 1.99. The van der Waals surface area contributed by atoms with Gasteiger partial charge in [0.2, 0.25) is 5.91 Å². The summed E-state index contributed by atoms with van der Waals surface area (Å²) in [4.78, 5) is 24.9. The number of halogens is 1. The van der Waals surface area contributed by atoms with Crippen molar-refractivity contribution in [1.29, 1.82) is 0 Å². The summed E-state index contributed by atoms with van der Waals surface area (Å²) in [7, 11) is 0. The van der Waals surface area contributed by atoms with Gasteiger partial charge in [-0.2, -0.15) is 0 Å². The van der Waals surface area contributed by atoms with Crippen LogP contribution >= 0.6 is 12.4 Å². The van der Waals surface area contributed by atoms with E-state index in [2.05, 4.69) is 5.32 Å². The smallest absolute Gasteiger partial charge is 0.320 e. The number of anilines is 1. The zero-order valence-corrected chi connectivity index (χ0v) is 13.3. The molecule has 6 nitrogen and oxygen atoms in total. The molecule has 2 rings (SSSR count). The number of aliphatic carboxylic acids is 1. The Kier molecular flexibility index (Phi) is 7.14. The number of carboxylic acids is 1. The minimum atomic E-state index is -0.866. The van der Waals surface area contributed by atoms with Crippen molar-refractivity contribution in [3.63, 3.8) is 0 Å². The number of hydrogen-bond donors (Lipinski definition) is 2. The summed E-state index contributed by atoms with van der Waals surface area (Å²) in [5.74, 6) is -0.477. The molecule has 1 atom stereocenters. The fraction of sp³-hybridized carbons (Fsp3) is 0.467. The second kappa shape index (κ2) is 8.60. The molecular weight excluding hydrogens is 308 g/mol. The van der Waals surface area contributed by atoms with Crippen molar-refractivity contribution in [2.75, 3.05) is 25.0 Å². The molecule has 1 aliphatic rings. The Hall–Kier alpha value is -1.79. The molecule has 22 heavy (non-hydrogen) atoms. The van der Waals surface area contributed by atoms with Gasteiger partial charge in [0, 0.05) is 0 Å². The van der Waals surface area contributed by atoms with Gasteiger partial charge < -0.3 is 15.2 Å². The van der Waals surface area contributed by atoms with E-state index in [9.17, 15) is 9.59 Å². The lowest BCUT2D eigenvalue weighted by Gasteiger charge is -2.20. The van der Waals surface area contributed by atoms with Crippen LogP contribution < -0.4 is 10.1 Å². The number of nitrogens with one attached hydrogen (secondary N) is 1. The Morgan fingerprint density at radius 2 is 2.14 bits per heavy atom. The molecule has 122 valence electrons. The topological polar surface area (TPSA) is 78.9 Å². The van der Waals surface area contributed by atoms with E-state index >= 15 is 0 Å². The van der Waals surface area contributed by atoms with Crippen LogP contribution in [0.3, 0.4) is 0 Å². The number of benzene rings is 1. The third-order valence-electron chi connectivity index (χ3n) is 3.46. The number of nitrogens with zero attached hydrogens (tertiary/aromatic N) is 1. The minimum Gasteiger partial charge on any atom is -0.492 e. The molecule has 0 aliphatic carbocycles. The fourth-order valence-electron chi connectivity index (χ4n) is 2.52. The van der Waals surface area contributed by atoms with Gasteiger partial charge in [-0.1, -0.05) is 12.1 Å². The van der Waals surface area contributed by atoms with Crippen molar-refractivity contribution in [1.82, 2.24) is 4.90 Å². The summed E-state index contributed by atoms with van der Waals surface area (Å²) in [6, 6.07) is 6.64. The highest BCUT2D eigenvalue weighted by Crippen LogP contribution is 2.24. The van der Waals surface area contributed by atoms with E-state index in [0.29, 0.717) is 31.0 Å². The van der Waals surface area contributed by atoms with Gasteiger partial charge in [0.15, 0.2) is 0 Å². The van der Waals surface area contributed by atoms with Crippen LogP contribution in [0.1, 0.15) is 19.8 Å². The van der Waals surface area contributed by atoms with Crippen LogP contribution in [0.4, 0.5) is 5.69 Å². The van der Waals surface area contributed by atoms with Gasteiger partial charge in [0.25, 0.3) is 0 Å². The number of ether oxygens (including phenoxy) is 1. The first-order chi connectivity index (χ1) is 10.1. The molecule has 1 fully saturated rings. The Bertz CT molecular complexity index is 524. The second-order valence-electron chi connectivity index (χ2n) is 4.94. The molecule has 1 heterocycles. The van der Waals surface area contributed by atoms with E-state index in [-0.39, 0.29) is 24.9 Å². The Labute approximate surface area is 135 Å². The van der Waals surface area contributed by atoms with Crippen molar-refractivity contribution >= 4 is 30.0 Å². The molecule has 2 N–H and O–H groups in total. The summed E-state index contributed by atoms with van der Waals surface area (Å²) < 4.78 is 5.44. The molecule has 0 spiro atoms. The maximum absolute atomic E-state index is 12.1. The van der Waals surface area contributed by atoms with Crippen molar-refractivity contribution in [2.24, 2.45) is 0 Å². The molecule has 1 unspecified atom stereocenters. The van der Waals surface area contributed by atoms with E-state index in [4.69, 9.17) is 9.84 Å². The van der Waals surface area contributed by atoms with E-state index in [0.717, 1.165) is 6.42 Å². The Morgan fingerprint density at radius 1 is 1.41 bits per heavy atom. The lowest BCUT2D eigenvalue weighted by atomic mass is 10.2. The van der Waals surface area contributed by atoms with Crippen molar-refractivity contribution in [3.05, 3.63) is 24.3 Å². The first-order valence-electron chi connectivity index (χ1n) is 7.10. The fourth-order valence-corrected chi connectivity index (χ4v) is 2.52. The van der Waals surface area contributed by atoms with Crippen LogP contribution in [0, 0.1) is 0 Å². The maximum Gasteiger partial charge on any atom is 0.320 e. The molecule has 0 radical (unpaired) electrons. The largest absolute Gasteiger partial charge is 0.492 e. The van der Waals surface area contributed by atoms with Crippen LogP contribution in [0.2, 0.25) is 0 Å². The van der Waals surface area contributed by atoms with Crippen molar-refractivity contribution < 1.29 is 19.4 Å². The summed E-state index contributed by atoms with van der Waals surface area (Å²) in [6.07, 6.45) is 1.40.